The van der Waals surface area contributed by atoms with Gasteiger partial charge in [-0.3, -0.25) is 0 Å². The number of nitrogens with zero attached hydrogens (tertiary/aromatic N) is 4. The molecule has 0 fully saturated rings. The smallest absolute Gasteiger partial charge is 0.223 e. The zero-order valence-corrected chi connectivity index (χ0v) is 31.8. The van der Waals surface area contributed by atoms with Gasteiger partial charge in [-0.1, -0.05) is 126 Å². The first kappa shape index (κ1) is 35.4. The third kappa shape index (κ3) is 7.08. The molecule has 0 saturated heterocycles. The Morgan fingerprint density at radius 3 is 1.00 bits per heavy atom. The van der Waals surface area contributed by atoms with Gasteiger partial charge in [0, 0.05) is 0 Å². The molecule has 2 heterocycles. The SMILES string of the molecule is CCCCn1c(-c2ccc(-c3ccc(-c4ccc(-c5n(CCCC)c6ccccc6[n+]5CCCC)cc4)cc3)cc2)[n+](CCCC)c2ccccc21. The van der Waals surface area contributed by atoms with E-state index in [0.717, 1.165) is 26.2 Å². The third-order valence-corrected chi connectivity index (χ3v) is 10.7. The monoisotopic (exact) mass is 688 g/mol. The molecule has 4 nitrogen and oxygen atoms in total. The van der Waals surface area contributed by atoms with Crippen molar-refractivity contribution < 1.29 is 9.13 Å². The molecule has 0 atom stereocenters. The lowest BCUT2D eigenvalue weighted by atomic mass is 9.98. The van der Waals surface area contributed by atoms with E-state index in [1.807, 2.05) is 0 Å². The zero-order valence-electron chi connectivity index (χ0n) is 31.8. The van der Waals surface area contributed by atoms with E-state index in [1.165, 1.54) is 118 Å². The Hall–Kier alpha value is -4.96. The molecule has 0 spiro atoms. The largest absolute Gasteiger partial charge is 0.289 e. The number of para-hydroxylation sites is 4. The van der Waals surface area contributed by atoms with Crippen molar-refractivity contribution in [1.29, 1.82) is 0 Å². The van der Waals surface area contributed by atoms with Crippen LogP contribution in [0, 0.1) is 0 Å². The number of hydrogen-bond donors (Lipinski definition) is 0. The Labute approximate surface area is 311 Å². The van der Waals surface area contributed by atoms with Crippen LogP contribution in [0.2, 0.25) is 0 Å². The van der Waals surface area contributed by atoms with Crippen molar-refractivity contribution in [2.45, 2.75) is 105 Å². The van der Waals surface area contributed by atoms with Gasteiger partial charge in [-0.05, 0) is 96.5 Å². The molecule has 266 valence electrons. The van der Waals surface area contributed by atoms with Crippen LogP contribution >= 0.6 is 0 Å². The first-order chi connectivity index (χ1) is 25.7. The molecule has 5 aromatic carbocycles. The van der Waals surface area contributed by atoms with Gasteiger partial charge in [-0.15, -0.1) is 0 Å². The average Bonchev–Trinajstić information content (AvgIpc) is 3.69. The lowest BCUT2D eigenvalue weighted by Crippen LogP contribution is -2.35. The second-order valence-corrected chi connectivity index (χ2v) is 14.4. The molecule has 0 aliphatic carbocycles. The summed E-state index contributed by atoms with van der Waals surface area (Å²) in [5, 5.41) is 0. The van der Waals surface area contributed by atoms with Crippen molar-refractivity contribution in [2.75, 3.05) is 0 Å². The molecular formula is C48H56N4+2. The first-order valence-corrected chi connectivity index (χ1v) is 20.0. The van der Waals surface area contributed by atoms with E-state index >= 15 is 0 Å². The summed E-state index contributed by atoms with van der Waals surface area (Å²) in [5.74, 6) is 2.66. The Morgan fingerprint density at radius 1 is 0.365 bits per heavy atom. The van der Waals surface area contributed by atoms with Gasteiger partial charge in [0.1, 0.15) is 0 Å². The summed E-state index contributed by atoms with van der Waals surface area (Å²) in [4.78, 5) is 0. The van der Waals surface area contributed by atoms with E-state index in [0.29, 0.717) is 0 Å². The van der Waals surface area contributed by atoms with Crippen LogP contribution < -0.4 is 9.13 Å². The quantitative estimate of drug-likeness (QED) is 0.0900. The summed E-state index contributed by atoms with van der Waals surface area (Å²) in [6.45, 7) is 13.3. The van der Waals surface area contributed by atoms with E-state index in [9.17, 15) is 0 Å². The summed E-state index contributed by atoms with van der Waals surface area (Å²) >= 11 is 0. The van der Waals surface area contributed by atoms with Crippen LogP contribution in [0.5, 0.6) is 0 Å². The Bertz CT molecular complexity index is 1970. The molecule has 0 saturated carbocycles. The highest BCUT2D eigenvalue weighted by Gasteiger charge is 2.27. The molecule has 7 aromatic rings. The summed E-state index contributed by atoms with van der Waals surface area (Å²) < 4.78 is 10.2. The zero-order chi connectivity index (χ0) is 35.9. The van der Waals surface area contributed by atoms with Crippen molar-refractivity contribution >= 4 is 22.1 Å². The molecule has 4 heteroatoms. The Balaban J connectivity index is 1.16. The summed E-state index contributed by atoms with van der Waals surface area (Å²) in [6.07, 6.45) is 9.44. The van der Waals surface area contributed by atoms with Gasteiger partial charge in [0.05, 0.1) is 37.3 Å². The molecule has 7 rings (SSSR count). The van der Waals surface area contributed by atoms with Crippen LogP contribution in [0.15, 0.2) is 121 Å². The topological polar surface area (TPSA) is 17.6 Å². The standard InChI is InChI=1S/C48H56N4/c1-5-9-33-49-43-17-13-14-18-44(43)50(34-10-6-2)47(49)41-29-25-39(26-30-41)37-21-23-38(24-22-37)40-27-31-42(32-28-40)48-51(35-11-7-3)45-19-15-16-20-46(45)52(48)36-12-8-4/h13-32H,5-12,33-36H2,1-4H3/q+2. The first-order valence-electron chi connectivity index (χ1n) is 20.0. The van der Waals surface area contributed by atoms with Crippen LogP contribution in [-0.4, -0.2) is 9.13 Å². The van der Waals surface area contributed by atoms with Crippen molar-refractivity contribution in [3.8, 4) is 45.0 Å². The fraction of sp³-hybridized carbons (Fsp3) is 0.333. The molecular weight excluding hydrogens is 633 g/mol. The van der Waals surface area contributed by atoms with Gasteiger partial charge in [-0.25, -0.2) is 18.3 Å². The van der Waals surface area contributed by atoms with E-state index < -0.39 is 0 Å². The Morgan fingerprint density at radius 2 is 0.673 bits per heavy atom. The number of aryl methyl sites for hydroxylation is 4. The van der Waals surface area contributed by atoms with Crippen LogP contribution in [0.3, 0.4) is 0 Å². The second-order valence-electron chi connectivity index (χ2n) is 14.4. The van der Waals surface area contributed by atoms with Crippen LogP contribution in [0.4, 0.5) is 0 Å². The van der Waals surface area contributed by atoms with Crippen molar-refractivity contribution in [1.82, 2.24) is 9.13 Å². The lowest BCUT2D eigenvalue weighted by molar-refractivity contribution is -0.661. The fourth-order valence-corrected chi connectivity index (χ4v) is 7.86. The van der Waals surface area contributed by atoms with E-state index in [2.05, 4.69) is 167 Å². The van der Waals surface area contributed by atoms with Gasteiger partial charge in [0.15, 0.2) is 22.1 Å². The van der Waals surface area contributed by atoms with Gasteiger partial charge in [0.2, 0.25) is 0 Å². The third-order valence-electron chi connectivity index (χ3n) is 10.7. The minimum Gasteiger partial charge on any atom is -0.223 e. The lowest BCUT2D eigenvalue weighted by Gasteiger charge is -2.09. The predicted molar refractivity (Wildman–Crippen MR) is 219 cm³/mol. The van der Waals surface area contributed by atoms with E-state index in [4.69, 9.17) is 0 Å². The van der Waals surface area contributed by atoms with E-state index in [1.54, 1.807) is 0 Å². The number of imidazole rings is 2. The van der Waals surface area contributed by atoms with Crippen molar-refractivity contribution in [3.63, 3.8) is 0 Å². The average molecular weight is 689 g/mol. The molecule has 52 heavy (non-hydrogen) atoms. The minimum atomic E-state index is 1.04. The number of hydrogen-bond acceptors (Lipinski definition) is 0. The Kier molecular flexibility index (Phi) is 11.3. The second kappa shape index (κ2) is 16.6. The number of unbranched alkanes of at least 4 members (excludes halogenated alkanes) is 4. The number of aromatic nitrogens is 4. The van der Waals surface area contributed by atoms with Crippen LogP contribution in [-0.2, 0) is 26.2 Å². The van der Waals surface area contributed by atoms with Gasteiger partial charge in [-0.2, -0.15) is 0 Å². The molecule has 0 aliphatic rings. The molecule has 0 radical (unpaired) electrons. The molecule has 0 unspecified atom stereocenters. The molecule has 2 aromatic heterocycles. The number of fused-ring (bicyclic) bond motifs is 2. The van der Waals surface area contributed by atoms with Gasteiger partial charge >= 0.3 is 0 Å². The minimum absolute atomic E-state index is 1.04. The van der Waals surface area contributed by atoms with Crippen LogP contribution in [0.1, 0.15) is 79.1 Å². The molecule has 0 bridgehead atoms. The molecule has 0 amide bonds. The maximum atomic E-state index is 2.55. The van der Waals surface area contributed by atoms with Crippen molar-refractivity contribution in [2.24, 2.45) is 0 Å². The summed E-state index contributed by atoms with van der Waals surface area (Å²) in [7, 11) is 0. The highest BCUT2D eigenvalue weighted by molar-refractivity contribution is 5.79. The highest BCUT2D eigenvalue weighted by atomic mass is 15.2. The maximum absolute atomic E-state index is 2.55. The molecule has 0 N–H and O–H groups in total. The van der Waals surface area contributed by atoms with Crippen LogP contribution in [0.25, 0.3) is 67.1 Å². The van der Waals surface area contributed by atoms with Gasteiger partial charge < -0.3 is 0 Å². The highest BCUT2D eigenvalue weighted by Crippen LogP contribution is 2.31. The van der Waals surface area contributed by atoms with E-state index in [-0.39, 0.29) is 0 Å². The number of rotatable bonds is 16. The molecule has 0 aliphatic heterocycles. The predicted octanol–water partition coefficient (Wildman–Crippen LogP) is 12.0. The summed E-state index contributed by atoms with van der Waals surface area (Å²) in [6, 6.07) is 45.5. The summed E-state index contributed by atoms with van der Waals surface area (Å²) in [5.41, 5.74) is 12.9. The number of benzene rings is 5. The maximum Gasteiger partial charge on any atom is 0.289 e. The van der Waals surface area contributed by atoms with Gasteiger partial charge in [0.25, 0.3) is 11.6 Å². The van der Waals surface area contributed by atoms with Crippen molar-refractivity contribution in [3.05, 3.63) is 121 Å². The normalized spacial score (nSPS) is 11.6. The fourth-order valence-electron chi connectivity index (χ4n) is 7.86.